The van der Waals surface area contributed by atoms with Crippen LogP contribution < -0.4 is 9.47 Å². The minimum Gasteiger partial charge on any atom is -0.493 e. The van der Waals surface area contributed by atoms with Crippen LogP contribution in [0, 0.1) is 0 Å². The summed E-state index contributed by atoms with van der Waals surface area (Å²) in [6.45, 7) is 5.68. The van der Waals surface area contributed by atoms with Crippen LogP contribution in [0.25, 0.3) is 12.2 Å². The molecule has 3 aromatic carbocycles. The lowest BCUT2D eigenvalue weighted by Gasteiger charge is -2.17. The molecule has 0 bridgehead atoms. The van der Waals surface area contributed by atoms with Gasteiger partial charge in [0, 0.05) is 12.2 Å². The van der Waals surface area contributed by atoms with Crippen LogP contribution in [0.4, 0.5) is 0 Å². The van der Waals surface area contributed by atoms with E-state index >= 15 is 0 Å². The molecule has 0 aromatic heterocycles. The van der Waals surface area contributed by atoms with E-state index in [9.17, 15) is 9.59 Å². The van der Waals surface area contributed by atoms with Crippen LogP contribution >= 0.6 is 0 Å². The molecule has 0 N–H and O–H groups in total. The number of ether oxygens (including phenoxy) is 4. The number of hydrogen-bond acceptors (Lipinski definition) is 6. The van der Waals surface area contributed by atoms with Crippen molar-refractivity contribution in [2.75, 3.05) is 7.11 Å². The van der Waals surface area contributed by atoms with Gasteiger partial charge in [0.05, 0.1) is 7.11 Å². The lowest BCUT2D eigenvalue weighted by Crippen LogP contribution is -2.22. The van der Waals surface area contributed by atoms with Crippen molar-refractivity contribution < 1.29 is 28.5 Å². The normalized spacial score (nSPS) is 11.4. The van der Waals surface area contributed by atoms with E-state index in [2.05, 4.69) is 0 Å². The van der Waals surface area contributed by atoms with E-state index < -0.39 is 17.5 Å². The highest BCUT2D eigenvalue weighted by atomic mass is 16.6. The number of carbonyl (C=O) groups excluding carboxylic acids is 2. The largest absolute Gasteiger partial charge is 0.493 e. The SMILES string of the molecule is COc1ccc(/C=C/C(=O)OC(C)(C)C)cc1Oc1ccc(/C=C/C(=O)OCc2ccccc2)cc1. The van der Waals surface area contributed by atoms with E-state index in [0.29, 0.717) is 17.2 Å². The number of carbonyl (C=O) groups is 2. The Morgan fingerprint density at radius 1 is 0.778 bits per heavy atom. The van der Waals surface area contributed by atoms with Crippen LogP contribution in [0.2, 0.25) is 0 Å². The second-order valence-electron chi connectivity index (χ2n) is 8.87. The fraction of sp³-hybridized carbons (Fsp3) is 0.200. The van der Waals surface area contributed by atoms with Crippen molar-refractivity contribution in [1.82, 2.24) is 0 Å². The van der Waals surface area contributed by atoms with Crippen LogP contribution in [-0.4, -0.2) is 24.6 Å². The first-order valence-corrected chi connectivity index (χ1v) is 11.5. The molecule has 0 fully saturated rings. The summed E-state index contributed by atoms with van der Waals surface area (Å²) in [6.07, 6.45) is 6.11. The Morgan fingerprint density at radius 3 is 2.08 bits per heavy atom. The molecule has 0 atom stereocenters. The number of benzene rings is 3. The zero-order chi connectivity index (χ0) is 26.0. The van der Waals surface area contributed by atoms with Crippen LogP contribution in [0.5, 0.6) is 17.2 Å². The Hall–Kier alpha value is -4.32. The monoisotopic (exact) mass is 486 g/mol. The van der Waals surface area contributed by atoms with Gasteiger partial charge in [-0.15, -0.1) is 0 Å². The van der Waals surface area contributed by atoms with Gasteiger partial charge in [0.2, 0.25) is 0 Å². The fourth-order valence-electron chi connectivity index (χ4n) is 3.09. The molecule has 0 spiro atoms. The molecule has 0 aliphatic heterocycles. The second-order valence-corrected chi connectivity index (χ2v) is 8.87. The van der Waals surface area contributed by atoms with E-state index in [1.165, 1.54) is 12.2 Å². The van der Waals surface area contributed by atoms with Crippen molar-refractivity contribution in [3.63, 3.8) is 0 Å². The molecule has 3 rings (SSSR count). The van der Waals surface area contributed by atoms with Gasteiger partial charge in [-0.3, -0.25) is 0 Å². The average Bonchev–Trinajstić information content (AvgIpc) is 2.85. The maximum absolute atomic E-state index is 12.0. The Kier molecular flexibility index (Phi) is 9.06. The molecular formula is C30H30O6. The molecule has 0 aliphatic carbocycles. The fourth-order valence-corrected chi connectivity index (χ4v) is 3.09. The van der Waals surface area contributed by atoms with Gasteiger partial charge < -0.3 is 18.9 Å². The summed E-state index contributed by atoms with van der Waals surface area (Å²) in [7, 11) is 1.56. The Balaban J connectivity index is 1.61. The van der Waals surface area contributed by atoms with Crippen molar-refractivity contribution >= 4 is 24.1 Å². The molecule has 0 aliphatic rings. The first kappa shape index (κ1) is 26.3. The van der Waals surface area contributed by atoms with Crippen LogP contribution in [0.3, 0.4) is 0 Å². The van der Waals surface area contributed by atoms with Crippen LogP contribution in [-0.2, 0) is 25.7 Å². The van der Waals surface area contributed by atoms with Gasteiger partial charge in [0.1, 0.15) is 18.0 Å². The third-order valence-corrected chi connectivity index (χ3v) is 4.75. The molecule has 186 valence electrons. The molecule has 0 unspecified atom stereocenters. The van der Waals surface area contributed by atoms with Crippen molar-refractivity contribution in [2.24, 2.45) is 0 Å². The summed E-state index contributed by atoms with van der Waals surface area (Å²) < 4.78 is 22.0. The highest BCUT2D eigenvalue weighted by Gasteiger charge is 2.14. The zero-order valence-corrected chi connectivity index (χ0v) is 20.9. The first-order valence-electron chi connectivity index (χ1n) is 11.5. The maximum Gasteiger partial charge on any atom is 0.331 e. The van der Waals surface area contributed by atoms with Gasteiger partial charge >= 0.3 is 11.9 Å². The first-order chi connectivity index (χ1) is 17.2. The Morgan fingerprint density at radius 2 is 1.42 bits per heavy atom. The molecule has 36 heavy (non-hydrogen) atoms. The van der Waals surface area contributed by atoms with E-state index in [1.54, 1.807) is 43.5 Å². The topological polar surface area (TPSA) is 71.1 Å². The summed E-state index contributed by atoms with van der Waals surface area (Å²) >= 11 is 0. The van der Waals surface area contributed by atoms with Gasteiger partial charge in [0.25, 0.3) is 0 Å². The third kappa shape index (κ3) is 8.80. The lowest BCUT2D eigenvalue weighted by molar-refractivity contribution is -0.148. The minimum absolute atomic E-state index is 0.227. The van der Waals surface area contributed by atoms with E-state index in [4.69, 9.17) is 18.9 Å². The molecule has 0 saturated carbocycles. The smallest absolute Gasteiger partial charge is 0.331 e. The summed E-state index contributed by atoms with van der Waals surface area (Å²) in [5.74, 6) is 0.796. The standard InChI is InChI=1S/C30H30O6/c1-30(2,3)36-29(32)19-14-23-12-17-26(33-4)27(20-23)35-25-15-10-22(11-16-25)13-18-28(31)34-21-24-8-6-5-7-9-24/h5-20H,21H2,1-4H3/b18-13+,19-14+. The predicted molar refractivity (Wildman–Crippen MR) is 140 cm³/mol. The molecule has 0 heterocycles. The summed E-state index contributed by atoms with van der Waals surface area (Å²) in [5, 5.41) is 0. The van der Waals surface area contributed by atoms with E-state index in [0.717, 1.165) is 16.7 Å². The Bertz CT molecular complexity index is 1220. The van der Waals surface area contributed by atoms with Gasteiger partial charge in [0.15, 0.2) is 11.5 Å². The molecule has 6 heteroatoms. The van der Waals surface area contributed by atoms with Crippen molar-refractivity contribution in [3.8, 4) is 17.2 Å². The zero-order valence-electron chi connectivity index (χ0n) is 20.9. The highest BCUT2D eigenvalue weighted by molar-refractivity contribution is 5.87. The third-order valence-electron chi connectivity index (χ3n) is 4.75. The molecule has 3 aromatic rings. The van der Waals surface area contributed by atoms with Gasteiger partial charge in [-0.25, -0.2) is 9.59 Å². The molecular weight excluding hydrogens is 456 g/mol. The maximum atomic E-state index is 12.0. The van der Waals surface area contributed by atoms with E-state index in [1.807, 2.05) is 69.3 Å². The summed E-state index contributed by atoms with van der Waals surface area (Å²) in [4.78, 5) is 23.9. The summed E-state index contributed by atoms with van der Waals surface area (Å²) in [5.41, 5.74) is 1.95. The molecule has 0 amide bonds. The van der Waals surface area contributed by atoms with Crippen LogP contribution in [0.1, 0.15) is 37.5 Å². The van der Waals surface area contributed by atoms with Crippen molar-refractivity contribution in [1.29, 1.82) is 0 Å². The minimum atomic E-state index is -0.556. The number of rotatable bonds is 9. The number of esters is 2. The quantitative estimate of drug-likeness (QED) is 0.251. The molecule has 0 saturated heterocycles. The molecule has 0 radical (unpaired) electrons. The molecule has 6 nitrogen and oxygen atoms in total. The van der Waals surface area contributed by atoms with Gasteiger partial charge in [-0.2, -0.15) is 0 Å². The lowest BCUT2D eigenvalue weighted by atomic mass is 10.1. The van der Waals surface area contributed by atoms with Crippen molar-refractivity contribution in [2.45, 2.75) is 33.0 Å². The second kappa shape index (κ2) is 12.4. The van der Waals surface area contributed by atoms with Crippen molar-refractivity contribution in [3.05, 3.63) is 102 Å². The number of methoxy groups -OCH3 is 1. The Labute approximate surface area is 211 Å². The summed E-state index contributed by atoms with van der Waals surface area (Å²) in [6, 6.07) is 22.1. The highest BCUT2D eigenvalue weighted by Crippen LogP contribution is 2.33. The van der Waals surface area contributed by atoms with E-state index in [-0.39, 0.29) is 6.61 Å². The predicted octanol–water partition coefficient (Wildman–Crippen LogP) is 6.60. The van der Waals surface area contributed by atoms with Gasteiger partial charge in [-0.05, 0) is 73.9 Å². The van der Waals surface area contributed by atoms with Crippen LogP contribution in [0.15, 0.2) is 84.9 Å². The van der Waals surface area contributed by atoms with Gasteiger partial charge in [-0.1, -0.05) is 48.5 Å². The number of hydrogen-bond donors (Lipinski definition) is 0. The average molecular weight is 487 g/mol.